The minimum atomic E-state index is -3.35. The molecule has 0 aliphatic heterocycles. The molecule has 0 spiro atoms. The van der Waals surface area contributed by atoms with E-state index in [-0.39, 0.29) is 12.3 Å². The summed E-state index contributed by atoms with van der Waals surface area (Å²) < 4.78 is 25.8. The zero-order chi connectivity index (χ0) is 17.7. The lowest BCUT2D eigenvalue weighted by Gasteiger charge is -2.13. The lowest BCUT2D eigenvalue weighted by atomic mass is 10.2. The van der Waals surface area contributed by atoms with E-state index in [9.17, 15) is 13.2 Å². The lowest BCUT2D eigenvalue weighted by molar-refractivity contribution is 0.252. The van der Waals surface area contributed by atoms with Crippen molar-refractivity contribution in [1.82, 2.24) is 29.8 Å². The Kier molecular flexibility index (Phi) is 5.46. The Morgan fingerprint density at radius 1 is 1.33 bits per heavy atom. The maximum absolute atomic E-state index is 11.9. The molecule has 0 aliphatic rings. The first-order valence-electron chi connectivity index (χ1n) is 7.08. The van der Waals surface area contributed by atoms with E-state index in [0.29, 0.717) is 11.4 Å². The van der Waals surface area contributed by atoms with Crippen LogP contribution in [0.15, 0.2) is 24.5 Å². The Labute approximate surface area is 139 Å². The number of nitrogens with zero attached hydrogens (tertiary/aromatic N) is 5. The number of benzene rings is 1. The van der Waals surface area contributed by atoms with E-state index in [1.54, 1.807) is 6.07 Å². The van der Waals surface area contributed by atoms with E-state index in [4.69, 9.17) is 0 Å². The zero-order valence-corrected chi connectivity index (χ0v) is 14.4. The van der Waals surface area contributed by atoms with Gasteiger partial charge >= 0.3 is 6.03 Å². The molecule has 0 saturated heterocycles. The second-order valence-electron chi connectivity index (χ2n) is 5.23. The van der Waals surface area contributed by atoms with Crippen molar-refractivity contribution in [3.05, 3.63) is 30.1 Å². The van der Waals surface area contributed by atoms with Gasteiger partial charge in [-0.05, 0) is 35.0 Å². The van der Waals surface area contributed by atoms with Crippen LogP contribution in [0.3, 0.4) is 0 Å². The summed E-state index contributed by atoms with van der Waals surface area (Å²) in [5, 5.41) is 16.1. The summed E-state index contributed by atoms with van der Waals surface area (Å²) in [6, 6.07) is 4.88. The lowest BCUT2D eigenvalue weighted by Crippen LogP contribution is -2.36. The van der Waals surface area contributed by atoms with E-state index in [1.807, 2.05) is 19.1 Å². The second kappa shape index (κ2) is 7.36. The quantitative estimate of drug-likeness (QED) is 0.753. The van der Waals surface area contributed by atoms with Crippen LogP contribution in [0.5, 0.6) is 0 Å². The molecular weight excluding hydrogens is 334 g/mol. The SMILES string of the molecule is Cc1ccc(-n2cnnn2)cc1NC(=O)NCCS(=O)(=O)N(C)C. The normalized spacial score (nSPS) is 11.5. The second-order valence-corrected chi connectivity index (χ2v) is 7.54. The van der Waals surface area contributed by atoms with Gasteiger partial charge in [0.25, 0.3) is 0 Å². The minimum Gasteiger partial charge on any atom is -0.337 e. The summed E-state index contributed by atoms with van der Waals surface area (Å²) in [5.41, 5.74) is 2.12. The van der Waals surface area contributed by atoms with Crippen LogP contribution in [0.4, 0.5) is 10.5 Å². The van der Waals surface area contributed by atoms with Gasteiger partial charge in [-0.25, -0.2) is 22.2 Å². The number of aryl methyl sites for hydroxylation is 1. The predicted octanol–water partition coefficient (Wildman–Crippen LogP) is -0.0164. The number of tetrazole rings is 1. The zero-order valence-electron chi connectivity index (χ0n) is 13.6. The molecule has 1 aromatic heterocycles. The van der Waals surface area contributed by atoms with Crippen molar-refractivity contribution in [3.8, 4) is 5.69 Å². The first-order valence-corrected chi connectivity index (χ1v) is 8.69. The molecular formula is C13H19N7O3S. The Bertz CT molecular complexity index is 803. The summed E-state index contributed by atoms with van der Waals surface area (Å²) in [5.74, 6) is -0.170. The number of amides is 2. The third kappa shape index (κ3) is 4.49. The highest BCUT2D eigenvalue weighted by atomic mass is 32.2. The third-order valence-corrected chi connectivity index (χ3v) is 5.12. The molecule has 0 saturated carbocycles. The number of sulfonamides is 1. The van der Waals surface area contributed by atoms with Crippen molar-refractivity contribution in [1.29, 1.82) is 0 Å². The summed E-state index contributed by atoms with van der Waals surface area (Å²) >= 11 is 0. The summed E-state index contributed by atoms with van der Waals surface area (Å²) in [4.78, 5) is 11.9. The molecule has 0 aliphatic carbocycles. The molecule has 0 radical (unpaired) electrons. The molecule has 0 bridgehead atoms. The van der Waals surface area contributed by atoms with Gasteiger partial charge < -0.3 is 10.6 Å². The topological polar surface area (TPSA) is 122 Å². The van der Waals surface area contributed by atoms with Crippen LogP contribution in [0.1, 0.15) is 5.56 Å². The smallest absolute Gasteiger partial charge is 0.319 e. The van der Waals surface area contributed by atoms with Gasteiger partial charge in [0.05, 0.1) is 11.4 Å². The molecule has 10 nitrogen and oxygen atoms in total. The molecule has 11 heteroatoms. The molecule has 2 N–H and O–H groups in total. The Morgan fingerprint density at radius 2 is 2.08 bits per heavy atom. The van der Waals surface area contributed by atoms with Gasteiger partial charge in [-0.2, -0.15) is 0 Å². The van der Waals surface area contributed by atoms with Gasteiger partial charge in [-0.15, -0.1) is 5.10 Å². The summed E-state index contributed by atoms with van der Waals surface area (Å²) in [6.07, 6.45) is 1.45. The average Bonchev–Trinajstić information content (AvgIpc) is 3.03. The molecule has 24 heavy (non-hydrogen) atoms. The molecule has 1 heterocycles. The van der Waals surface area contributed by atoms with Crippen molar-refractivity contribution >= 4 is 21.7 Å². The van der Waals surface area contributed by atoms with E-state index in [2.05, 4.69) is 26.2 Å². The van der Waals surface area contributed by atoms with E-state index >= 15 is 0 Å². The highest BCUT2D eigenvalue weighted by molar-refractivity contribution is 7.89. The van der Waals surface area contributed by atoms with E-state index < -0.39 is 16.1 Å². The largest absolute Gasteiger partial charge is 0.337 e. The van der Waals surface area contributed by atoms with Crippen LogP contribution in [-0.2, 0) is 10.0 Å². The molecule has 1 aromatic carbocycles. The molecule has 2 amide bonds. The minimum absolute atomic E-state index is 0.0120. The fourth-order valence-corrected chi connectivity index (χ4v) is 2.53. The van der Waals surface area contributed by atoms with Crippen LogP contribution < -0.4 is 10.6 Å². The number of carbonyl (C=O) groups is 1. The van der Waals surface area contributed by atoms with Gasteiger partial charge in [0.15, 0.2) is 0 Å². The summed E-state index contributed by atoms with van der Waals surface area (Å²) in [6.45, 7) is 1.85. The first-order chi connectivity index (χ1) is 11.3. The average molecular weight is 353 g/mol. The molecule has 130 valence electrons. The van der Waals surface area contributed by atoms with Crippen LogP contribution in [0.2, 0.25) is 0 Å². The number of hydrogen-bond acceptors (Lipinski definition) is 6. The highest BCUT2D eigenvalue weighted by Crippen LogP contribution is 2.18. The monoisotopic (exact) mass is 353 g/mol. The van der Waals surface area contributed by atoms with Gasteiger partial charge in [-0.1, -0.05) is 6.07 Å². The standard InChI is InChI=1S/C13H19N7O3S/c1-10-4-5-11(20-9-15-17-18-20)8-12(10)16-13(21)14-6-7-24(22,23)19(2)3/h4-5,8-9H,6-7H2,1-3H3,(H2,14,16,21). The Morgan fingerprint density at radius 3 is 2.71 bits per heavy atom. The van der Waals surface area contributed by atoms with Crippen LogP contribution >= 0.6 is 0 Å². The molecule has 0 fully saturated rings. The fourth-order valence-electron chi connectivity index (χ4n) is 1.81. The van der Waals surface area contributed by atoms with Gasteiger partial charge in [-0.3, -0.25) is 0 Å². The summed E-state index contributed by atoms with van der Waals surface area (Å²) in [7, 11) is -0.451. The van der Waals surface area contributed by atoms with Crippen molar-refractivity contribution < 1.29 is 13.2 Å². The van der Waals surface area contributed by atoms with E-state index in [1.165, 1.54) is 25.1 Å². The van der Waals surface area contributed by atoms with Crippen molar-refractivity contribution in [2.75, 3.05) is 31.7 Å². The van der Waals surface area contributed by atoms with Crippen molar-refractivity contribution in [2.45, 2.75) is 6.92 Å². The van der Waals surface area contributed by atoms with Crippen LogP contribution in [0.25, 0.3) is 5.69 Å². The number of anilines is 1. The number of hydrogen-bond donors (Lipinski definition) is 2. The van der Waals surface area contributed by atoms with Gasteiger partial charge in [0.1, 0.15) is 6.33 Å². The first kappa shape index (κ1) is 17.8. The predicted molar refractivity (Wildman–Crippen MR) is 88.4 cm³/mol. The van der Waals surface area contributed by atoms with Crippen molar-refractivity contribution in [3.63, 3.8) is 0 Å². The highest BCUT2D eigenvalue weighted by Gasteiger charge is 2.14. The van der Waals surface area contributed by atoms with E-state index in [0.717, 1.165) is 9.87 Å². The number of carbonyl (C=O) groups excluding carboxylic acids is 1. The molecule has 0 unspecified atom stereocenters. The number of rotatable bonds is 6. The Hall–Kier alpha value is -2.53. The maximum atomic E-state index is 11.9. The number of aromatic nitrogens is 4. The molecule has 0 atom stereocenters. The van der Waals surface area contributed by atoms with Crippen molar-refractivity contribution in [2.24, 2.45) is 0 Å². The van der Waals surface area contributed by atoms with Gasteiger partial charge in [0, 0.05) is 26.3 Å². The van der Waals surface area contributed by atoms with Crippen LogP contribution in [0, 0.1) is 6.92 Å². The molecule has 2 rings (SSSR count). The molecule has 2 aromatic rings. The third-order valence-electron chi connectivity index (χ3n) is 3.28. The number of urea groups is 1. The van der Waals surface area contributed by atoms with Crippen LogP contribution in [-0.4, -0.2) is 65.4 Å². The van der Waals surface area contributed by atoms with Gasteiger partial charge in [0.2, 0.25) is 10.0 Å². The number of nitrogens with one attached hydrogen (secondary N) is 2. The Balaban J connectivity index is 1.98. The maximum Gasteiger partial charge on any atom is 0.319 e. The fraction of sp³-hybridized carbons (Fsp3) is 0.385.